The summed E-state index contributed by atoms with van der Waals surface area (Å²) in [6.45, 7) is 3.35. The number of halogens is 1. The molecule has 0 spiro atoms. The number of carbonyl (C=O) groups excluding carboxylic acids is 2. The van der Waals surface area contributed by atoms with Crippen LogP contribution in [0.1, 0.15) is 17.3 Å². The molecule has 1 atom stereocenters. The van der Waals surface area contributed by atoms with E-state index in [-0.39, 0.29) is 17.2 Å². The SMILES string of the molecule is CC(OC(=O)c1cc(N)cc(F)c1)C(=O)N1CCOCC1. The molecule has 1 amide bonds. The normalized spacial score (nSPS) is 16.4. The largest absolute Gasteiger partial charge is 0.449 e. The van der Waals surface area contributed by atoms with Gasteiger partial charge < -0.3 is 20.1 Å². The van der Waals surface area contributed by atoms with Gasteiger partial charge in [0, 0.05) is 18.8 Å². The van der Waals surface area contributed by atoms with E-state index < -0.39 is 17.9 Å². The maximum Gasteiger partial charge on any atom is 0.339 e. The average molecular weight is 296 g/mol. The highest BCUT2D eigenvalue weighted by molar-refractivity contribution is 5.93. The number of hydrogen-bond donors (Lipinski definition) is 1. The highest BCUT2D eigenvalue weighted by Gasteiger charge is 2.25. The van der Waals surface area contributed by atoms with Crippen LogP contribution in [0.5, 0.6) is 0 Å². The lowest BCUT2D eigenvalue weighted by Crippen LogP contribution is -2.46. The van der Waals surface area contributed by atoms with E-state index in [1.165, 1.54) is 13.0 Å². The summed E-state index contributed by atoms with van der Waals surface area (Å²) in [6.07, 6.45) is -0.944. The van der Waals surface area contributed by atoms with Gasteiger partial charge in [0.15, 0.2) is 6.10 Å². The number of ether oxygens (including phenoxy) is 2. The van der Waals surface area contributed by atoms with Crippen LogP contribution in [-0.4, -0.2) is 49.2 Å². The molecule has 2 N–H and O–H groups in total. The van der Waals surface area contributed by atoms with Crippen molar-refractivity contribution in [3.05, 3.63) is 29.6 Å². The number of anilines is 1. The second-order valence-electron chi connectivity index (χ2n) is 4.76. The zero-order chi connectivity index (χ0) is 15.4. The van der Waals surface area contributed by atoms with E-state index in [1.807, 2.05) is 0 Å². The first-order valence-corrected chi connectivity index (χ1v) is 6.61. The molecule has 0 aromatic heterocycles. The fourth-order valence-electron chi connectivity index (χ4n) is 2.05. The van der Waals surface area contributed by atoms with Crippen molar-refractivity contribution in [2.45, 2.75) is 13.0 Å². The molecule has 114 valence electrons. The van der Waals surface area contributed by atoms with Crippen LogP contribution in [0.15, 0.2) is 18.2 Å². The van der Waals surface area contributed by atoms with E-state index in [4.69, 9.17) is 15.2 Å². The Kier molecular flexibility index (Phi) is 4.74. The maximum atomic E-state index is 13.2. The number of nitrogens with zero attached hydrogens (tertiary/aromatic N) is 1. The number of nitrogen functional groups attached to an aromatic ring is 1. The predicted molar refractivity (Wildman–Crippen MR) is 73.1 cm³/mol. The van der Waals surface area contributed by atoms with Gasteiger partial charge in [-0.25, -0.2) is 9.18 Å². The lowest BCUT2D eigenvalue weighted by molar-refractivity contribution is -0.143. The lowest BCUT2D eigenvalue weighted by Gasteiger charge is -2.28. The van der Waals surface area contributed by atoms with Crippen LogP contribution >= 0.6 is 0 Å². The molecule has 1 saturated heterocycles. The number of carbonyl (C=O) groups is 2. The number of amides is 1. The molecule has 0 saturated carbocycles. The molecule has 2 rings (SSSR count). The molecular weight excluding hydrogens is 279 g/mol. The molecule has 0 bridgehead atoms. The first-order valence-electron chi connectivity index (χ1n) is 6.61. The molecule has 6 nitrogen and oxygen atoms in total. The van der Waals surface area contributed by atoms with Crippen LogP contribution in [0, 0.1) is 5.82 Å². The first-order chi connectivity index (χ1) is 9.97. The van der Waals surface area contributed by atoms with Crippen LogP contribution in [0.2, 0.25) is 0 Å². The van der Waals surface area contributed by atoms with Crippen molar-refractivity contribution >= 4 is 17.6 Å². The molecule has 21 heavy (non-hydrogen) atoms. The van der Waals surface area contributed by atoms with E-state index in [9.17, 15) is 14.0 Å². The Labute approximate surface area is 121 Å². The van der Waals surface area contributed by atoms with Crippen molar-refractivity contribution < 1.29 is 23.5 Å². The smallest absolute Gasteiger partial charge is 0.339 e. The van der Waals surface area contributed by atoms with Gasteiger partial charge in [0.2, 0.25) is 0 Å². The Bertz CT molecular complexity index is 524. The standard InChI is InChI=1S/C14H17FN2O4/c1-9(13(18)17-2-4-20-5-3-17)21-14(19)10-6-11(15)8-12(16)7-10/h6-9H,2-5,16H2,1H3. The Balaban J connectivity index is 1.99. The highest BCUT2D eigenvalue weighted by Crippen LogP contribution is 2.13. The number of rotatable bonds is 3. The highest BCUT2D eigenvalue weighted by atomic mass is 19.1. The number of morpholine rings is 1. The molecule has 0 aliphatic carbocycles. The monoisotopic (exact) mass is 296 g/mol. The zero-order valence-electron chi connectivity index (χ0n) is 11.7. The van der Waals surface area contributed by atoms with Crippen LogP contribution in [-0.2, 0) is 14.3 Å². The molecule has 1 fully saturated rings. The molecule has 7 heteroatoms. The number of esters is 1. The van der Waals surface area contributed by atoms with Gasteiger partial charge in [-0.15, -0.1) is 0 Å². The fraction of sp³-hybridized carbons (Fsp3) is 0.429. The third-order valence-electron chi connectivity index (χ3n) is 3.11. The molecule has 1 unspecified atom stereocenters. The minimum atomic E-state index is -0.944. The molecule has 1 aliphatic rings. The molecule has 0 radical (unpaired) electrons. The number of hydrogen-bond acceptors (Lipinski definition) is 5. The van der Waals surface area contributed by atoms with Crippen molar-refractivity contribution in [3.8, 4) is 0 Å². The van der Waals surface area contributed by atoms with Gasteiger partial charge in [-0.2, -0.15) is 0 Å². The van der Waals surface area contributed by atoms with Crippen molar-refractivity contribution in [1.29, 1.82) is 0 Å². The maximum absolute atomic E-state index is 13.2. The summed E-state index contributed by atoms with van der Waals surface area (Å²) in [5.41, 5.74) is 5.57. The number of benzene rings is 1. The van der Waals surface area contributed by atoms with E-state index >= 15 is 0 Å². The van der Waals surface area contributed by atoms with Gasteiger partial charge in [-0.05, 0) is 25.1 Å². The van der Waals surface area contributed by atoms with Crippen LogP contribution in [0.25, 0.3) is 0 Å². The van der Waals surface area contributed by atoms with Crippen LogP contribution in [0.3, 0.4) is 0 Å². The molecule has 1 heterocycles. The van der Waals surface area contributed by atoms with Gasteiger partial charge in [-0.1, -0.05) is 0 Å². The molecule has 1 aromatic carbocycles. The lowest BCUT2D eigenvalue weighted by atomic mass is 10.2. The first kappa shape index (κ1) is 15.2. The average Bonchev–Trinajstić information content (AvgIpc) is 2.46. The third kappa shape index (κ3) is 3.91. The Morgan fingerprint density at radius 3 is 2.62 bits per heavy atom. The van der Waals surface area contributed by atoms with Gasteiger partial charge in [-0.3, -0.25) is 4.79 Å². The summed E-state index contributed by atoms with van der Waals surface area (Å²) < 4.78 is 23.4. The van der Waals surface area contributed by atoms with E-state index in [0.29, 0.717) is 26.3 Å². The van der Waals surface area contributed by atoms with Crippen LogP contribution in [0.4, 0.5) is 10.1 Å². The van der Waals surface area contributed by atoms with Gasteiger partial charge in [0.25, 0.3) is 5.91 Å². The second kappa shape index (κ2) is 6.53. The topological polar surface area (TPSA) is 81.9 Å². The molecular formula is C14H17FN2O4. The molecule has 1 aromatic rings. The third-order valence-corrected chi connectivity index (χ3v) is 3.11. The Morgan fingerprint density at radius 1 is 1.33 bits per heavy atom. The van der Waals surface area contributed by atoms with E-state index in [2.05, 4.69) is 0 Å². The van der Waals surface area contributed by atoms with Crippen molar-refractivity contribution in [2.75, 3.05) is 32.0 Å². The summed E-state index contributed by atoms with van der Waals surface area (Å²) in [5, 5.41) is 0. The van der Waals surface area contributed by atoms with Gasteiger partial charge in [0.05, 0.1) is 18.8 Å². The van der Waals surface area contributed by atoms with Crippen molar-refractivity contribution in [2.24, 2.45) is 0 Å². The Hall–Kier alpha value is -2.15. The van der Waals surface area contributed by atoms with Crippen molar-refractivity contribution in [3.63, 3.8) is 0 Å². The van der Waals surface area contributed by atoms with E-state index in [1.54, 1.807) is 4.90 Å². The summed E-state index contributed by atoms with van der Waals surface area (Å²) in [6, 6.07) is 3.42. The summed E-state index contributed by atoms with van der Waals surface area (Å²) in [5.74, 6) is -1.71. The van der Waals surface area contributed by atoms with Crippen molar-refractivity contribution in [1.82, 2.24) is 4.90 Å². The summed E-state index contributed by atoms with van der Waals surface area (Å²) in [7, 11) is 0. The minimum Gasteiger partial charge on any atom is -0.449 e. The second-order valence-corrected chi connectivity index (χ2v) is 4.76. The molecule has 1 aliphatic heterocycles. The van der Waals surface area contributed by atoms with E-state index in [0.717, 1.165) is 12.1 Å². The summed E-state index contributed by atoms with van der Waals surface area (Å²) in [4.78, 5) is 25.6. The van der Waals surface area contributed by atoms with Crippen LogP contribution < -0.4 is 5.73 Å². The van der Waals surface area contributed by atoms with Gasteiger partial charge >= 0.3 is 5.97 Å². The zero-order valence-corrected chi connectivity index (χ0v) is 11.7. The minimum absolute atomic E-state index is 0.0193. The predicted octanol–water partition coefficient (Wildman–Crippen LogP) is 0.812. The van der Waals surface area contributed by atoms with Gasteiger partial charge in [0.1, 0.15) is 5.82 Å². The fourth-order valence-corrected chi connectivity index (χ4v) is 2.05. The quantitative estimate of drug-likeness (QED) is 0.659. The number of nitrogens with two attached hydrogens (primary N) is 1. The summed E-state index contributed by atoms with van der Waals surface area (Å²) >= 11 is 0. The Morgan fingerprint density at radius 2 is 2.00 bits per heavy atom.